The third-order valence-electron chi connectivity index (χ3n) is 5.64. The van der Waals surface area contributed by atoms with E-state index in [2.05, 4.69) is 14.9 Å². The number of sulfonamides is 1. The van der Waals surface area contributed by atoms with E-state index in [9.17, 15) is 13.2 Å². The molecule has 6 nitrogen and oxygen atoms in total. The van der Waals surface area contributed by atoms with Gasteiger partial charge < -0.3 is 10.2 Å². The first kappa shape index (κ1) is 19.0. The zero-order chi connectivity index (χ0) is 19.7. The first-order valence-corrected chi connectivity index (χ1v) is 11.5. The molecule has 28 heavy (non-hydrogen) atoms. The van der Waals surface area contributed by atoms with Gasteiger partial charge in [-0.1, -0.05) is 24.3 Å². The maximum Gasteiger partial charge on any atom is 0.229 e. The summed E-state index contributed by atoms with van der Waals surface area (Å²) in [5, 5.41) is 3.06. The van der Waals surface area contributed by atoms with Crippen LogP contribution in [0, 0.1) is 11.8 Å². The van der Waals surface area contributed by atoms with Crippen LogP contribution in [0.2, 0.25) is 0 Å². The van der Waals surface area contributed by atoms with E-state index in [-0.39, 0.29) is 11.8 Å². The molecular formula is C21H25N3O3S. The molecule has 1 amide bonds. The number of nitrogens with zero attached hydrogens (tertiary/aromatic N) is 1. The Balaban J connectivity index is 1.44. The molecule has 0 saturated carbocycles. The van der Waals surface area contributed by atoms with E-state index >= 15 is 0 Å². The number of hydrogen-bond acceptors (Lipinski definition) is 4. The molecule has 0 spiro atoms. The van der Waals surface area contributed by atoms with Crippen LogP contribution in [0.15, 0.2) is 48.5 Å². The Bertz CT molecular complexity index is 965. The summed E-state index contributed by atoms with van der Waals surface area (Å²) < 4.78 is 25.3. The number of carbonyl (C=O) groups excluding carboxylic acids is 1. The second-order valence-electron chi connectivity index (χ2n) is 7.77. The third kappa shape index (κ3) is 4.36. The average Bonchev–Trinajstić information content (AvgIpc) is 2.68. The van der Waals surface area contributed by atoms with Crippen LogP contribution in [0.5, 0.6) is 0 Å². The first-order valence-electron chi connectivity index (χ1n) is 9.59. The molecule has 2 aromatic carbocycles. The summed E-state index contributed by atoms with van der Waals surface area (Å²) in [5.41, 5.74) is 3.18. The van der Waals surface area contributed by atoms with Gasteiger partial charge in [0.1, 0.15) is 0 Å². The molecule has 1 atom stereocenters. The molecule has 0 aliphatic carbocycles. The fourth-order valence-corrected chi connectivity index (χ4v) is 4.77. The Morgan fingerprint density at radius 3 is 2.32 bits per heavy atom. The number of rotatable bonds is 5. The first-order chi connectivity index (χ1) is 13.4. The number of amides is 1. The van der Waals surface area contributed by atoms with Crippen LogP contribution in [0.25, 0.3) is 11.1 Å². The number of carbonyl (C=O) groups is 1. The summed E-state index contributed by atoms with van der Waals surface area (Å²) in [4.78, 5) is 15.1. The van der Waals surface area contributed by atoms with Crippen LogP contribution in [0.3, 0.4) is 0 Å². The minimum Gasteiger partial charge on any atom is -0.326 e. The number of piperidine rings is 3. The van der Waals surface area contributed by atoms with Crippen molar-refractivity contribution in [3.63, 3.8) is 0 Å². The maximum atomic E-state index is 12.7. The smallest absolute Gasteiger partial charge is 0.229 e. The lowest BCUT2D eigenvalue weighted by Crippen LogP contribution is -2.51. The lowest BCUT2D eigenvalue weighted by atomic mass is 9.78. The lowest BCUT2D eigenvalue weighted by molar-refractivity contribution is -0.125. The molecule has 7 heteroatoms. The molecule has 3 saturated heterocycles. The van der Waals surface area contributed by atoms with Crippen LogP contribution in [0.4, 0.5) is 11.4 Å². The van der Waals surface area contributed by atoms with Gasteiger partial charge in [-0.15, -0.1) is 0 Å². The van der Waals surface area contributed by atoms with Gasteiger partial charge in [-0.2, -0.15) is 0 Å². The minimum atomic E-state index is -3.31. The standard InChI is InChI=1S/C21H25N3O3S/c1-28(26,27)23-19-4-2-3-17(13-19)15-5-7-18(8-6-15)22-21(25)20-14-24-11-9-16(20)10-12-24/h2-8,13,16,20,23H,9-12,14H2,1H3,(H,22,25). The highest BCUT2D eigenvalue weighted by molar-refractivity contribution is 7.92. The van der Waals surface area contributed by atoms with Gasteiger partial charge >= 0.3 is 0 Å². The van der Waals surface area contributed by atoms with Crippen molar-refractivity contribution < 1.29 is 13.2 Å². The quantitative estimate of drug-likeness (QED) is 0.810. The molecule has 0 radical (unpaired) electrons. The SMILES string of the molecule is CS(=O)(=O)Nc1cccc(-c2ccc(NC(=O)C3CN4CCC3CC4)cc2)c1. The largest absolute Gasteiger partial charge is 0.326 e. The fraction of sp³-hybridized carbons (Fsp3) is 0.381. The lowest BCUT2D eigenvalue weighted by Gasteiger charge is -2.43. The molecule has 3 aliphatic rings. The second kappa shape index (κ2) is 7.56. The minimum absolute atomic E-state index is 0.0842. The van der Waals surface area contributed by atoms with Crippen molar-refractivity contribution in [2.45, 2.75) is 12.8 Å². The predicted octanol–water partition coefficient (Wildman–Crippen LogP) is 3.01. The molecule has 2 N–H and O–H groups in total. The molecule has 148 valence electrons. The van der Waals surface area contributed by atoms with Crippen molar-refractivity contribution >= 4 is 27.3 Å². The molecule has 3 heterocycles. The number of hydrogen-bond donors (Lipinski definition) is 2. The van der Waals surface area contributed by atoms with Gasteiger partial charge in [0.2, 0.25) is 15.9 Å². The molecule has 2 aromatic rings. The predicted molar refractivity (Wildman–Crippen MR) is 112 cm³/mol. The zero-order valence-electron chi connectivity index (χ0n) is 15.9. The highest BCUT2D eigenvalue weighted by Gasteiger charge is 2.38. The Hall–Kier alpha value is -2.38. The van der Waals surface area contributed by atoms with Crippen molar-refractivity contribution in [3.05, 3.63) is 48.5 Å². The third-order valence-corrected chi connectivity index (χ3v) is 6.25. The average molecular weight is 400 g/mol. The van der Waals surface area contributed by atoms with E-state index in [0.717, 1.165) is 55.5 Å². The molecule has 2 bridgehead atoms. The Kier molecular flexibility index (Phi) is 5.12. The Morgan fingerprint density at radius 2 is 1.71 bits per heavy atom. The van der Waals surface area contributed by atoms with Gasteiger partial charge in [-0.3, -0.25) is 9.52 Å². The van der Waals surface area contributed by atoms with Gasteiger partial charge in [-0.05, 0) is 67.2 Å². The van der Waals surface area contributed by atoms with Crippen molar-refractivity contribution in [2.24, 2.45) is 11.8 Å². The molecular weight excluding hydrogens is 374 g/mol. The topological polar surface area (TPSA) is 78.5 Å². The van der Waals surface area contributed by atoms with Crippen molar-refractivity contribution in [3.8, 4) is 11.1 Å². The summed E-state index contributed by atoms with van der Waals surface area (Å²) in [6.07, 6.45) is 3.37. The van der Waals surface area contributed by atoms with E-state index in [0.29, 0.717) is 11.6 Å². The van der Waals surface area contributed by atoms with E-state index < -0.39 is 10.0 Å². The number of anilines is 2. The van der Waals surface area contributed by atoms with Crippen LogP contribution >= 0.6 is 0 Å². The van der Waals surface area contributed by atoms with Crippen molar-refractivity contribution in [1.82, 2.24) is 4.90 Å². The highest BCUT2D eigenvalue weighted by Crippen LogP contribution is 2.33. The fourth-order valence-electron chi connectivity index (χ4n) is 4.22. The maximum absolute atomic E-state index is 12.7. The number of nitrogens with one attached hydrogen (secondary N) is 2. The Morgan fingerprint density at radius 1 is 1.00 bits per heavy atom. The normalized spacial score (nSPS) is 24.0. The monoisotopic (exact) mass is 399 g/mol. The number of benzene rings is 2. The highest BCUT2D eigenvalue weighted by atomic mass is 32.2. The van der Waals surface area contributed by atoms with Gasteiger partial charge in [0.05, 0.1) is 12.2 Å². The van der Waals surface area contributed by atoms with Crippen LogP contribution in [-0.4, -0.2) is 45.1 Å². The van der Waals surface area contributed by atoms with Gasteiger partial charge in [-0.25, -0.2) is 8.42 Å². The van der Waals surface area contributed by atoms with E-state index in [1.807, 2.05) is 36.4 Å². The molecule has 5 rings (SSSR count). The summed E-state index contributed by atoms with van der Waals surface area (Å²) in [6, 6.07) is 14.9. The van der Waals surface area contributed by atoms with Gasteiger partial charge in [0, 0.05) is 17.9 Å². The summed E-state index contributed by atoms with van der Waals surface area (Å²) in [7, 11) is -3.31. The molecule has 3 aliphatic heterocycles. The summed E-state index contributed by atoms with van der Waals surface area (Å²) in [6.45, 7) is 3.11. The van der Waals surface area contributed by atoms with E-state index in [1.54, 1.807) is 12.1 Å². The van der Waals surface area contributed by atoms with Crippen LogP contribution in [0.1, 0.15) is 12.8 Å². The zero-order valence-corrected chi connectivity index (χ0v) is 16.7. The van der Waals surface area contributed by atoms with Crippen molar-refractivity contribution in [2.75, 3.05) is 35.9 Å². The summed E-state index contributed by atoms with van der Waals surface area (Å²) in [5.74, 6) is 0.705. The van der Waals surface area contributed by atoms with Gasteiger partial charge in [0.25, 0.3) is 0 Å². The van der Waals surface area contributed by atoms with E-state index in [4.69, 9.17) is 0 Å². The molecule has 1 unspecified atom stereocenters. The summed E-state index contributed by atoms with van der Waals surface area (Å²) >= 11 is 0. The molecule has 0 aromatic heterocycles. The van der Waals surface area contributed by atoms with Crippen molar-refractivity contribution in [1.29, 1.82) is 0 Å². The number of fused-ring (bicyclic) bond motifs is 3. The van der Waals surface area contributed by atoms with Crippen LogP contribution in [-0.2, 0) is 14.8 Å². The molecule has 3 fully saturated rings. The van der Waals surface area contributed by atoms with E-state index in [1.165, 1.54) is 0 Å². The van der Waals surface area contributed by atoms with Gasteiger partial charge in [0.15, 0.2) is 0 Å². The Labute approximate surface area is 166 Å². The van der Waals surface area contributed by atoms with Crippen LogP contribution < -0.4 is 10.0 Å². The second-order valence-corrected chi connectivity index (χ2v) is 9.51.